The molecule has 12 heteroatoms. The smallest absolute Gasteiger partial charge is 0.243 e. The number of benzene rings is 1. The van der Waals surface area contributed by atoms with Gasteiger partial charge in [0.05, 0.1) is 17.9 Å². The first-order valence-electron chi connectivity index (χ1n) is 12.1. The Morgan fingerprint density at radius 3 is 2.70 bits per heavy atom. The fraction of sp³-hybridized carbons (Fsp3) is 0.480. The summed E-state index contributed by atoms with van der Waals surface area (Å²) in [4.78, 5) is 38.6. The van der Waals surface area contributed by atoms with E-state index in [2.05, 4.69) is 10.3 Å². The third-order valence-corrected chi connectivity index (χ3v) is 7.63. The maximum absolute atomic E-state index is 14.8. The zero-order chi connectivity index (χ0) is 25.7. The van der Waals surface area contributed by atoms with Crippen molar-refractivity contribution in [2.24, 2.45) is 5.92 Å². The van der Waals surface area contributed by atoms with Gasteiger partial charge in [-0.25, -0.2) is 14.6 Å². The van der Waals surface area contributed by atoms with Gasteiger partial charge in [0.2, 0.25) is 5.91 Å². The standard InChI is InChI=1S/C25H30FN5O4S.ClH/c1-16(32)36-22-10-12-30(24(25(34)17-8-9-17)20-5-2-3-6-21(20)26)15-18(22)13-19-14-27-29-31(19)11-4-7-23(33)28-35;/h2-3,5-6,13-14,17,22,24,35H,4,7-12,15H2,1H3,(H,28,33);1H/b18-13-;. The number of aryl methyl sites for hydroxylation is 1. The van der Waals surface area contributed by atoms with Crippen LogP contribution in [-0.4, -0.2) is 60.2 Å². The molecule has 1 aromatic carbocycles. The van der Waals surface area contributed by atoms with E-state index in [4.69, 9.17) is 5.21 Å². The topological polar surface area (TPSA) is 117 Å². The van der Waals surface area contributed by atoms with Gasteiger partial charge >= 0.3 is 0 Å². The number of ketones is 1. The molecular formula is C25H31ClFN5O4S. The van der Waals surface area contributed by atoms with Crippen molar-refractivity contribution in [3.8, 4) is 0 Å². The molecule has 0 bridgehead atoms. The number of halogens is 2. The van der Waals surface area contributed by atoms with Crippen molar-refractivity contribution >= 4 is 47.1 Å². The van der Waals surface area contributed by atoms with Crippen molar-refractivity contribution in [2.75, 3.05) is 13.1 Å². The molecule has 1 saturated heterocycles. The normalized spacial score (nSPS) is 19.8. The quantitative estimate of drug-likeness (QED) is 0.340. The van der Waals surface area contributed by atoms with Gasteiger partial charge < -0.3 is 0 Å². The molecule has 2 fully saturated rings. The molecule has 2 aliphatic rings. The lowest BCUT2D eigenvalue weighted by Gasteiger charge is -2.38. The minimum absolute atomic E-state index is 0. The number of likely N-dealkylation sites (tertiary alicyclic amines) is 1. The van der Waals surface area contributed by atoms with Crippen LogP contribution in [0.25, 0.3) is 6.08 Å². The van der Waals surface area contributed by atoms with Crippen LogP contribution < -0.4 is 5.48 Å². The number of hydroxylamine groups is 1. The number of carbonyl (C=O) groups is 3. The summed E-state index contributed by atoms with van der Waals surface area (Å²) < 4.78 is 16.5. The number of thioether (sulfide) groups is 1. The molecule has 9 nitrogen and oxygen atoms in total. The Morgan fingerprint density at radius 1 is 1.27 bits per heavy atom. The summed E-state index contributed by atoms with van der Waals surface area (Å²) in [5.41, 5.74) is 3.65. The molecule has 1 saturated carbocycles. The van der Waals surface area contributed by atoms with Gasteiger partial charge in [-0.2, -0.15) is 0 Å². The molecule has 4 rings (SSSR count). The Morgan fingerprint density at radius 2 is 2.03 bits per heavy atom. The molecule has 1 amide bonds. The highest BCUT2D eigenvalue weighted by Gasteiger charge is 2.41. The largest absolute Gasteiger partial charge is 0.297 e. The molecule has 2 atom stereocenters. The molecule has 37 heavy (non-hydrogen) atoms. The number of nitrogens with one attached hydrogen (secondary N) is 1. The SMILES string of the molecule is CC(=O)SC1CCN(C(C(=O)C2CC2)c2ccccc2F)C/C1=C/c1cnnn1CCCC(=O)NO.Cl. The average Bonchev–Trinajstić information content (AvgIpc) is 3.62. The number of nitrogens with zero attached hydrogens (tertiary/aromatic N) is 4. The highest BCUT2D eigenvalue weighted by molar-refractivity contribution is 8.14. The molecule has 1 aromatic heterocycles. The minimum Gasteiger partial charge on any atom is -0.297 e. The average molecular weight is 552 g/mol. The molecule has 1 aliphatic carbocycles. The molecule has 2 aromatic rings. The van der Waals surface area contributed by atoms with E-state index >= 15 is 0 Å². The Kier molecular flexibility index (Phi) is 10.4. The van der Waals surface area contributed by atoms with Crippen LogP contribution in [0.15, 0.2) is 36.0 Å². The fourth-order valence-electron chi connectivity index (χ4n) is 4.58. The van der Waals surface area contributed by atoms with E-state index in [0.717, 1.165) is 18.4 Å². The van der Waals surface area contributed by atoms with E-state index in [1.165, 1.54) is 24.8 Å². The predicted molar refractivity (Wildman–Crippen MR) is 140 cm³/mol. The summed E-state index contributed by atoms with van der Waals surface area (Å²) in [5, 5.41) is 16.7. The van der Waals surface area contributed by atoms with Crippen LogP contribution in [0.4, 0.5) is 4.39 Å². The highest BCUT2D eigenvalue weighted by atomic mass is 35.5. The maximum atomic E-state index is 14.8. The number of piperidine rings is 1. The molecule has 2 unspecified atom stereocenters. The Hall–Kier alpha value is -2.60. The van der Waals surface area contributed by atoms with Gasteiger partial charge in [-0.1, -0.05) is 35.2 Å². The number of Topliss-reactive ketones (excluding diaryl/α,β-unsaturated/α-hetero) is 1. The molecule has 0 spiro atoms. The first kappa shape index (κ1) is 29.0. The van der Waals surface area contributed by atoms with Crippen LogP contribution in [0, 0.1) is 11.7 Å². The fourth-order valence-corrected chi connectivity index (χ4v) is 5.50. The molecule has 2 heterocycles. The Labute approximate surface area is 225 Å². The second-order valence-electron chi connectivity index (χ2n) is 9.20. The van der Waals surface area contributed by atoms with E-state index in [-0.39, 0.29) is 40.9 Å². The van der Waals surface area contributed by atoms with Crippen LogP contribution in [0.2, 0.25) is 0 Å². The van der Waals surface area contributed by atoms with Gasteiger partial charge in [-0.3, -0.25) is 24.5 Å². The summed E-state index contributed by atoms with van der Waals surface area (Å²) in [6.45, 7) is 2.91. The van der Waals surface area contributed by atoms with Gasteiger partial charge in [0.15, 0.2) is 10.9 Å². The maximum Gasteiger partial charge on any atom is 0.243 e. The Bertz CT molecular complexity index is 1160. The highest BCUT2D eigenvalue weighted by Crippen LogP contribution is 2.40. The predicted octanol–water partition coefficient (Wildman–Crippen LogP) is 3.58. The number of hydrogen-bond donors (Lipinski definition) is 2. The number of carbonyl (C=O) groups excluding carboxylic acids is 3. The molecule has 1 aliphatic heterocycles. The third-order valence-electron chi connectivity index (χ3n) is 6.48. The third kappa shape index (κ3) is 7.47. The zero-order valence-corrected chi connectivity index (χ0v) is 22.1. The minimum atomic E-state index is -0.676. The van der Waals surface area contributed by atoms with E-state index in [1.807, 2.05) is 11.0 Å². The number of rotatable bonds is 10. The second-order valence-corrected chi connectivity index (χ2v) is 10.6. The molecule has 0 radical (unpaired) electrons. The van der Waals surface area contributed by atoms with E-state index < -0.39 is 17.8 Å². The number of hydrogen-bond acceptors (Lipinski definition) is 8. The van der Waals surface area contributed by atoms with E-state index in [1.54, 1.807) is 34.6 Å². The van der Waals surface area contributed by atoms with Gasteiger partial charge in [-0.15, -0.1) is 17.5 Å². The summed E-state index contributed by atoms with van der Waals surface area (Å²) in [5.74, 6) is -0.856. The van der Waals surface area contributed by atoms with E-state index in [9.17, 15) is 18.8 Å². The molecular weight excluding hydrogens is 521 g/mol. The van der Waals surface area contributed by atoms with Crippen molar-refractivity contribution in [2.45, 2.75) is 56.9 Å². The van der Waals surface area contributed by atoms with E-state index in [0.29, 0.717) is 43.7 Å². The lowest BCUT2D eigenvalue weighted by molar-refractivity contribution is -0.129. The molecule has 2 N–H and O–H groups in total. The lowest BCUT2D eigenvalue weighted by atomic mass is 9.93. The van der Waals surface area contributed by atoms with Crippen LogP contribution in [-0.2, 0) is 20.9 Å². The van der Waals surface area contributed by atoms with Gasteiger partial charge in [-0.05, 0) is 43.4 Å². The van der Waals surface area contributed by atoms with Crippen molar-refractivity contribution in [3.05, 3.63) is 53.1 Å². The van der Waals surface area contributed by atoms with Crippen LogP contribution >= 0.6 is 24.2 Å². The zero-order valence-electron chi connectivity index (χ0n) is 20.5. The van der Waals surface area contributed by atoms with Crippen LogP contribution in [0.3, 0.4) is 0 Å². The van der Waals surface area contributed by atoms with Crippen LogP contribution in [0.1, 0.15) is 56.3 Å². The Balaban J connectivity index is 0.00000380. The summed E-state index contributed by atoms with van der Waals surface area (Å²) in [6, 6.07) is 5.77. The number of amides is 1. The monoisotopic (exact) mass is 551 g/mol. The van der Waals surface area contributed by atoms with Gasteiger partial charge in [0.25, 0.3) is 0 Å². The first-order chi connectivity index (χ1) is 17.4. The number of aromatic nitrogens is 3. The van der Waals surface area contributed by atoms with Gasteiger partial charge in [0.1, 0.15) is 5.82 Å². The summed E-state index contributed by atoms with van der Waals surface area (Å²) >= 11 is 1.25. The van der Waals surface area contributed by atoms with Crippen molar-refractivity contribution in [1.29, 1.82) is 0 Å². The van der Waals surface area contributed by atoms with Crippen molar-refractivity contribution < 1.29 is 24.0 Å². The second kappa shape index (κ2) is 13.3. The van der Waals surface area contributed by atoms with Gasteiger partial charge in [0, 0.05) is 49.7 Å². The first-order valence-corrected chi connectivity index (χ1v) is 13.0. The summed E-state index contributed by atoms with van der Waals surface area (Å²) in [7, 11) is 0. The molecule has 200 valence electrons. The van der Waals surface area contributed by atoms with Crippen molar-refractivity contribution in [3.63, 3.8) is 0 Å². The summed E-state index contributed by atoms with van der Waals surface area (Å²) in [6.07, 6.45) is 6.43. The van der Waals surface area contributed by atoms with Crippen LogP contribution in [0.5, 0.6) is 0 Å². The lowest BCUT2D eigenvalue weighted by Crippen LogP contribution is -2.43. The van der Waals surface area contributed by atoms with Crippen molar-refractivity contribution in [1.82, 2.24) is 25.4 Å².